The van der Waals surface area contributed by atoms with E-state index in [2.05, 4.69) is 10.4 Å². The number of nitrogens with zero attached hydrogens (tertiary/aromatic N) is 2. The Hall–Kier alpha value is -3.16. The summed E-state index contributed by atoms with van der Waals surface area (Å²) in [7, 11) is 1.57. The fourth-order valence-electron chi connectivity index (χ4n) is 1.86. The fraction of sp³-hybridized carbons (Fsp3) is 0.200. The molecule has 23 heavy (non-hydrogen) atoms. The smallest absolute Gasteiger partial charge is 0.267 e. The van der Waals surface area contributed by atoms with Gasteiger partial charge in [0, 0.05) is 11.6 Å². The van der Waals surface area contributed by atoms with Crippen molar-refractivity contribution in [2.45, 2.75) is 6.54 Å². The Bertz CT molecular complexity index is 768. The van der Waals surface area contributed by atoms with Crippen LogP contribution < -0.4 is 21.3 Å². The normalized spacial score (nSPS) is 10.1. The van der Waals surface area contributed by atoms with Gasteiger partial charge in [0.1, 0.15) is 12.3 Å². The van der Waals surface area contributed by atoms with Crippen molar-refractivity contribution in [1.29, 1.82) is 0 Å². The van der Waals surface area contributed by atoms with E-state index in [4.69, 9.17) is 10.5 Å². The standard InChI is InChI=1S/C15H16N4O4/c1-23-11-4-2-10(3-5-11)12-6-7-15(22)19(18-12)9-14(21)17-8-13(16)20/h2-7H,8-9H2,1H3,(H2,16,20)(H,17,21). The van der Waals surface area contributed by atoms with E-state index in [1.54, 1.807) is 37.4 Å². The molecule has 1 heterocycles. The van der Waals surface area contributed by atoms with E-state index in [-0.39, 0.29) is 13.1 Å². The van der Waals surface area contributed by atoms with Gasteiger partial charge in [-0.1, -0.05) is 0 Å². The number of hydrogen-bond donors (Lipinski definition) is 2. The third-order valence-corrected chi connectivity index (χ3v) is 3.01. The van der Waals surface area contributed by atoms with Crippen molar-refractivity contribution in [3.63, 3.8) is 0 Å². The van der Waals surface area contributed by atoms with Gasteiger partial charge < -0.3 is 15.8 Å². The van der Waals surface area contributed by atoms with Gasteiger partial charge in [-0.2, -0.15) is 5.10 Å². The quantitative estimate of drug-likeness (QED) is 0.746. The Morgan fingerprint density at radius 2 is 1.91 bits per heavy atom. The Labute approximate surface area is 131 Å². The number of ether oxygens (including phenoxy) is 1. The summed E-state index contributed by atoms with van der Waals surface area (Å²) in [4.78, 5) is 34.1. The largest absolute Gasteiger partial charge is 0.497 e. The van der Waals surface area contributed by atoms with Crippen molar-refractivity contribution >= 4 is 11.8 Å². The van der Waals surface area contributed by atoms with Gasteiger partial charge in [0.2, 0.25) is 11.8 Å². The summed E-state index contributed by atoms with van der Waals surface area (Å²) < 4.78 is 6.10. The van der Waals surface area contributed by atoms with Crippen LogP contribution in [-0.4, -0.2) is 35.2 Å². The maximum absolute atomic E-state index is 11.8. The summed E-state index contributed by atoms with van der Waals surface area (Å²) in [6.45, 7) is -0.581. The number of primary amides is 1. The van der Waals surface area contributed by atoms with Crippen molar-refractivity contribution in [1.82, 2.24) is 15.1 Å². The number of carbonyl (C=O) groups is 2. The second-order valence-electron chi connectivity index (χ2n) is 4.69. The fourth-order valence-corrected chi connectivity index (χ4v) is 1.86. The molecule has 0 saturated carbocycles. The predicted molar refractivity (Wildman–Crippen MR) is 82.7 cm³/mol. The second kappa shape index (κ2) is 7.21. The molecule has 2 aromatic rings. The Balaban J connectivity index is 2.19. The molecule has 0 unspecified atom stereocenters. The summed E-state index contributed by atoms with van der Waals surface area (Å²) in [5.41, 5.74) is 5.83. The van der Waals surface area contributed by atoms with Crippen molar-refractivity contribution < 1.29 is 14.3 Å². The highest BCUT2D eigenvalue weighted by Crippen LogP contribution is 2.19. The van der Waals surface area contributed by atoms with E-state index in [9.17, 15) is 14.4 Å². The first kappa shape index (κ1) is 16.2. The van der Waals surface area contributed by atoms with E-state index < -0.39 is 17.4 Å². The maximum atomic E-state index is 11.8. The van der Waals surface area contributed by atoms with Gasteiger partial charge in [0.15, 0.2) is 0 Å². The van der Waals surface area contributed by atoms with Crippen LogP contribution in [0.5, 0.6) is 5.75 Å². The molecule has 0 fully saturated rings. The highest BCUT2D eigenvalue weighted by molar-refractivity contribution is 5.83. The van der Waals surface area contributed by atoms with Gasteiger partial charge in [0.25, 0.3) is 5.56 Å². The molecule has 0 atom stereocenters. The van der Waals surface area contributed by atoms with Gasteiger partial charge in [0.05, 0.1) is 19.3 Å². The van der Waals surface area contributed by atoms with Gasteiger partial charge in [-0.25, -0.2) is 4.68 Å². The SMILES string of the molecule is COc1ccc(-c2ccc(=O)n(CC(=O)NCC(N)=O)n2)cc1. The van der Waals surface area contributed by atoms with E-state index in [0.29, 0.717) is 11.4 Å². The Morgan fingerprint density at radius 3 is 2.52 bits per heavy atom. The van der Waals surface area contributed by atoms with Crippen LogP contribution in [0.2, 0.25) is 0 Å². The monoisotopic (exact) mass is 316 g/mol. The summed E-state index contributed by atoms with van der Waals surface area (Å²) in [6.07, 6.45) is 0. The molecule has 0 aliphatic rings. The third kappa shape index (κ3) is 4.40. The summed E-state index contributed by atoms with van der Waals surface area (Å²) in [6, 6.07) is 10.0. The number of nitrogens with two attached hydrogens (primary N) is 1. The van der Waals surface area contributed by atoms with E-state index in [1.165, 1.54) is 6.07 Å². The molecule has 0 bridgehead atoms. The van der Waals surface area contributed by atoms with Crippen molar-refractivity contribution in [2.75, 3.05) is 13.7 Å². The minimum absolute atomic E-state index is 0.286. The van der Waals surface area contributed by atoms with Crippen LogP contribution in [0, 0.1) is 0 Å². The first-order valence-electron chi connectivity index (χ1n) is 6.77. The van der Waals surface area contributed by atoms with Gasteiger partial charge in [-0.05, 0) is 30.3 Å². The highest BCUT2D eigenvalue weighted by Gasteiger charge is 2.08. The zero-order chi connectivity index (χ0) is 16.8. The molecule has 0 saturated heterocycles. The first-order valence-corrected chi connectivity index (χ1v) is 6.77. The predicted octanol–water partition coefficient (Wildman–Crippen LogP) is -0.480. The molecule has 8 nitrogen and oxygen atoms in total. The Morgan fingerprint density at radius 1 is 1.22 bits per heavy atom. The molecule has 2 rings (SSSR count). The van der Waals surface area contributed by atoms with Gasteiger partial charge in [-0.3, -0.25) is 14.4 Å². The number of methoxy groups -OCH3 is 1. The first-order chi connectivity index (χ1) is 11.0. The lowest BCUT2D eigenvalue weighted by Gasteiger charge is -2.08. The van der Waals surface area contributed by atoms with Crippen LogP contribution in [0.3, 0.4) is 0 Å². The van der Waals surface area contributed by atoms with Gasteiger partial charge >= 0.3 is 0 Å². The van der Waals surface area contributed by atoms with Crippen LogP contribution in [0.1, 0.15) is 0 Å². The van der Waals surface area contributed by atoms with Gasteiger partial charge in [-0.15, -0.1) is 0 Å². The highest BCUT2D eigenvalue weighted by atomic mass is 16.5. The average molecular weight is 316 g/mol. The molecular weight excluding hydrogens is 300 g/mol. The average Bonchev–Trinajstić information content (AvgIpc) is 2.55. The van der Waals surface area contributed by atoms with Crippen LogP contribution in [0.25, 0.3) is 11.3 Å². The van der Waals surface area contributed by atoms with E-state index in [1.807, 2.05) is 0 Å². The number of rotatable bonds is 6. The molecule has 8 heteroatoms. The molecule has 1 aromatic carbocycles. The second-order valence-corrected chi connectivity index (χ2v) is 4.69. The third-order valence-electron chi connectivity index (χ3n) is 3.01. The van der Waals surface area contributed by atoms with Crippen LogP contribution in [0.4, 0.5) is 0 Å². The van der Waals surface area contributed by atoms with Crippen molar-refractivity contribution in [3.05, 3.63) is 46.8 Å². The molecule has 1 aromatic heterocycles. The van der Waals surface area contributed by atoms with E-state index >= 15 is 0 Å². The summed E-state index contributed by atoms with van der Waals surface area (Å²) in [5, 5.41) is 6.45. The number of aromatic nitrogens is 2. The van der Waals surface area contributed by atoms with Crippen molar-refractivity contribution in [3.8, 4) is 17.0 Å². The number of nitrogens with one attached hydrogen (secondary N) is 1. The maximum Gasteiger partial charge on any atom is 0.267 e. The zero-order valence-corrected chi connectivity index (χ0v) is 12.5. The van der Waals surface area contributed by atoms with E-state index in [0.717, 1.165) is 10.2 Å². The van der Waals surface area contributed by atoms with Crippen LogP contribution in [0.15, 0.2) is 41.2 Å². The van der Waals surface area contributed by atoms with Crippen LogP contribution in [-0.2, 0) is 16.1 Å². The molecule has 120 valence electrons. The summed E-state index contributed by atoms with van der Waals surface area (Å²) >= 11 is 0. The number of carbonyl (C=O) groups excluding carboxylic acids is 2. The molecule has 3 N–H and O–H groups in total. The lowest BCUT2D eigenvalue weighted by molar-refractivity contribution is -0.125. The molecule has 2 amide bonds. The van der Waals surface area contributed by atoms with Crippen LogP contribution >= 0.6 is 0 Å². The number of benzene rings is 1. The minimum atomic E-state index is -0.661. The Kier molecular flexibility index (Phi) is 5.08. The van der Waals surface area contributed by atoms with Crippen molar-refractivity contribution in [2.24, 2.45) is 5.73 Å². The molecular formula is C15H16N4O4. The number of amides is 2. The molecule has 0 spiro atoms. The minimum Gasteiger partial charge on any atom is -0.497 e. The lowest BCUT2D eigenvalue weighted by atomic mass is 10.1. The summed E-state index contributed by atoms with van der Waals surface area (Å²) in [5.74, 6) is -0.483. The number of hydrogen-bond acceptors (Lipinski definition) is 5. The molecule has 0 aliphatic heterocycles. The molecule has 0 aliphatic carbocycles. The lowest BCUT2D eigenvalue weighted by Crippen LogP contribution is -2.38. The zero-order valence-electron chi connectivity index (χ0n) is 12.5. The topological polar surface area (TPSA) is 116 Å². The molecule has 0 radical (unpaired) electrons.